The first-order chi connectivity index (χ1) is 19.2. The molecule has 0 amide bonds. The number of rotatable bonds is 30. The van der Waals surface area contributed by atoms with Crippen LogP contribution in [0.1, 0.15) is 206 Å². The maximum absolute atomic E-state index is 6.43. The minimum atomic E-state index is -0.411. The first kappa shape index (κ1) is 35.1. The smallest absolute Gasteiger partial charge is 0.198 e. The second-order valence-electron chi connectivity index (χ2n) is 13.2. The van der Waals surface area contributed by atoms with Crippen molar-refractivity contribution in [2.24, 2.45) is 0 Å². The molecule has 3 saturated heterocycles. The largest absolute Gasteiger partial charge is 0.370 e. The molecule has 3 aliphatic rings. The second-order valence-corrected chi connectivity index (χ2v) is 13.2. The van der Waals surface area contributed by atoms with Gasteiger partial charge in [-0.15, -0.1) is 0 Å². The molecule has 0 unspecified atom stereocenters. The highest BCUT2D eigenvalue weighted by Gasteiger charge is 2.60. The van der Waals surface area contributed by atoms with Gasteiger partial charge < -0.3 is 14.2 Å². The van der Waals surface area contributed by atoms with E-state index in [2.05, 4.69) is 13.8 Å². The molecule has 3 aliphatic heterocycles. The Bertz CT molecular complexity index is 483. The summed E-state index contributed by atoms with van der Waals surface area (Å²) in [6, 6.07) is 0. The second kappa shape index (κ2) is 23.4. The molecule has 3 heteroatoms. The summed E-state index contributed by atoms with van der Waals surface area (Å²) in [4.78, 5) is 0. The molecule has 0 aromatic heterocycles. The van der Waals surface area contributed by atoms with Crippen LogP contribution in [0, 0.1) is 0 Å². The van der Waals surface area contributed by atoms with Gasteiger partial charge in [-0.05, 0) is 12.8 Å². The molecule has 0 aromatic rings. The Labute approximate surface area is 245 Å². The summed E-state index contributed by atoms with van der Waals surface area (Å²) in [5, 5.41) is 0. The Balaban J connectivity index is 1.33. The molecule has 0 aliphatic carbocycles. The van der Waals surface area contributed by atoms with Gasteiger partial charge in [0.2, 0.25) is 0 Å². The Morgan fingerprint density at radius 1 is 0.333 bits per heavy atom. The first-order valence-corrected chi connectivity index (χ1v) is 18.2. The molecule has 39 heavy (non-hydrogen) atoms. The van der Waals surface area contributed by atoms with Crippen molar-refractivity contribution in [2.45, 2.75) is 218 Å². The monoisotopic (exact) mass is 551 g/mol. The molecule has 3 fully saturated rings. The SMILES string of the molecule is CCCCCCCCCCCCCCCCC12COCC(CCCCCCCCCCCCCCCC)(O1)O2. The van der Waals surface area contributed by atoms with E-state index in [1.165, 1.54) is 180 Å². The molecule has 3 rings (SSSR count). The van der Waals surface area contributed by atoms with Gasteiger partial charge in [-0.25, -0.2) is 0 Å². The highest BCUT2D eigenvalue weighted by atomic mass is 16.9. The van der Waals surface area contributed by atoms with Gasteiger partial charge in [-0.1, -0.05) is 181 Å². The molecule has 3 heterocycles. The summed E-state index contributed by atoms with van der Waals surface area (Å²) in [6.45, 7) is 5.86. The van der Waals surface area contributed by atoms with Crippen LogP contribution in [0.5, 0.6) is 0 Å². The van der Waals surface area contributed by atoms with Crippen LogP contribution in [0.3, 0.4) is 0 Å². The zero-order valence-corrected chi connectivity index (χ0v) is 26.9. The summed E-state index contributed by atoms with van der Waals surface area (Å²) in [5.41, 5.74) is 0. The fraction of sp³-hybridized carbons (Fsp3) is 1.00. The van der Waals surface area contributed by atoms with Gasteiger partial charge in [0, 0.05) is 12.8 Å². The zero-order chi connectivity index (χ0) is 27.7. The van der Waals surface area contributed by atoms with Gasteiger partial charge in [0.15, 0.2) is 11.6 Å². The fourth-order valence-electron chi connectivity index (χ4n) is 6.69. The van der Waals surface area contributed by atoms with E-state index in [0.717, 1.165) is 12.8 Å². The average molecular weight is 551 g/mol. The van der Waals surface area contributed by atoms with Gasteiger partial charge in [0.25, 0.3) is 0 Å². The van der Waals surface area contributed by atoms with Crippen molar-refractivity contribution >= 4 is 0 Å². The van der Waals surface area contributed by atoms with E-state index >= 15 is 0 Å². The molecule has 0 aromatic carbocycles. The van der Waals surface area contributed by atoms with Crippen molar-refractivity contribution in [3.05, 3.63) is 0 Å². The van der Waals surface area contributed by atoms with Crippen molar-refractivity contribution in [1.29, 1.82) is 0 Å². The minimum absolute atomic E-state index is 0.411. The van der Waals surface area contributed by atoms with E-state index in [9.17, 15) is 0 Å². The standard InChI is InChI=1S/C36H70O3/c1-3-5-7-9-11-13-15-17-19-21-23-25-27-29-31-35-33-37-34-36(38-35,39-35)32-30-28-26-24-22-20-18-16-14-12-10-8-6-4-2/h3-34H2,1-2H3. The summed E-state index contributed by atoms with van der Waals surface area (Å²) < 4.78 is 18.8. The van der Waals surface area contributed by atoms with Gasteiger partial charge in [-0.2, -0.15) is 0 Å². The van der Waals surface area contributed by atoms with Crippen LogP contribution in [-0.2, 0) is 14.2 Å². The lowest BCUT2D eigenvalue weighted by Gasteiger charge is -2.59. The van der Waals surface area contributed by atoms with Crippen molar-refractivity contribution in [2.75, 3.05) is 13.2 Å². The fourth-order valence-corrected chi connectivity index (χ4v) is 6.69. The Kier molecular flexibility index (Phi) is 21.1. The van der Waals surface area contributed by atoms with E-state index in [1.807, 2.05) is 0 Å². The van der Waals surface area contributed by atoms with E-state index < -0.39 is 11.6 Å². The lowest BCUT2D eigenvalue weighted by molar-refractivity contribution is -0.555. The van der Waals surface area contributed by atoms with Crippen LogP contribution in [0.2, 0.25) is 0 Å². The van der Waals surface area contributed by atoms with Crippen LogP contribution in [0.4, 0.5) is 0 Å². The highest BCUT2D eigenvalue weighted by Crippen LogP contribution is 2.48. The third kappa shape index (κ3) is 16.8. The highest BCUT2D eigenvalue weighted by molar-refractivity contribution is 4.92. The molecule has 0 atom stereocenters. The predicted molar refractivity (Wildman–Crippen MR) is 168 cm³/mol. The van der Waals surface area contributed by atoms with Crippen LogP contribution in [0.25, 0.3) is 0 Å². The number of hydrogen-bond donors (Lipinski definition) is 0. The summed E-state index contributed by atoms with van der Waals surface area (Å²) in [7, 11) is 0. The van der Waals surface area contributed by atoms with Gasteiger partial charge in [-0.3, -0.25) is 0 Å². The number of unbranched alkanes of at least 4 members (excludes halogenated alkanes) is 26. The molecule has 3 nitrogen and oxygen atoms in total. The Morgan fingerprint density at radius 2 is 0.564 bits per heavy atom. The third-order valence-electron chi connectivity index (χ3n) is 9.21. The van der Waals surface area contributed by atoms with Crippen LogP contribution in [0.15, 0.2) is 0 Å². The molecule has 0 saturated carbocycles. The maximum atomic E-state index is 6.43. The zero-order valence-electron chi connectivity index (χ0n) is 26.9. The lowest BCUT2D eigenvalue weighted by Crippen LogP contribution is -2.70. The first-order valence-electron chi connectivity index (χ1n) is 18.2. The van der Waals surface area contributed by atoms with Gasteiger partial charge in [0.05, 0.1) is 0 Å². The number of fused-ring (bicyclic) bond motifs is 2. The Morgan fingerprint density at radius 3 is 0.821 bits per heavy atom. The number of hydrogen-bond acceptors (Lipinski definition) is 3. The van der Waals surface area contributed by atoms with Crippen molar-refractivity contribution in [3.63, 3.8) is 0 Å². The minimum Gasteiger partial charge on any atom is -0.370 e. The van der Waals surface area contributed by atoms with E-state index in [1.54, 1.807) is 0 Å². The topological polar surface area (TPSA) is 27.7 Å². The van der Waals surface area contributed by atoms with Crippen LogP contribution < -0.4 is 0 Å². The molecular weight excluding hydrogens is 480 g/mol. The quantitative estimate of drug-likeness (QED) is 0.0832. The molecular formula is C36H70O3. The van der Waals surface area contributed by atoms with Crippen molar-refractivity contribution < 1.29 is 14.2 Å². The Hall–Kier alpha value is -0.120. The van der Waals surface area contributed by atoms with E-state index in [-0.39, 0.29) is 0 Å². The van der Waals surface area contributed by atoms with E-state index in [4.69, 9.17) is 14.2 Å². The molecule has 0 radical (unpaired) electrons. The van der Waals surface area contributed by atoms with E-state index in [0.29, 0.717) is 13.2 Å². The molecule has 0 N–H and O–H groups in total. The predicted octanol–water partition coefficient (Wildman–Crippen LogP) is 12.2. The van der Waals surface area contributed by atoms with Crippen LogP contribution in [-0.4, -0.2) is 24.8 Å². The summed E-state index contributed by atoms with van der Waals surface area (Å²) >= 11 is 0. The third-order valence-corrected chi connectivity index (χ3v) is 9.21. The normalized spacial score (nSPS) is 22.3. The summed E-state index contributed by atoms with van der Waals surface area (Å²) in [6.07, 6.45) is 41.2. The van der Waals surface area contributed by atoms with Gasteiger partial charge in [0.1, 0.15) is 13.2 Å². The maximum Gasteiger partial charge on any atom is 0.198 e. The molecule has 2 bridgehead atoms. The lowest BCUT2D eigenvalue weighted by atomic mass is 9.96. The van der Waals surface area contributed by atoms with Crippen molar-refractivity contribution in [3.8, 4) is 0 Å². The summed E-state index contributed by atoms with van der Waals surface area (Å²) in [5.74, 6) is -0.823. The van der Waals surface area contributed by atoms with Crippen LogP contribution >= 0.6 is 0 Å². The average Bonchev–Trinajstić information content (AvgIpc) is 2.93. The number of ether oxygens (including phenoxy) is 3. The molecule has 232 valence electrons. The molecule has 0 spiro atoms. The van der Waals surface area contributed by atoms with Gasteiger partial charge >= 0.3 is 0 Å². The van der Waals surface area contributed by atoms with Crippen molar-refractivity contribution in [1.82, 2.24) is 0 Å².